The molecule has 2 heterocycles. The molecule has 0 aliphatic carbocycles. The van der Waals surface area contributed by atoms with Gasteiger partial charge in [0.15, 0.2) is 0 Å². The third kappa shape index (κ3) is 4.87. The maximum atomic E-state index is 12.0. The molecule has 0 atom stereocenters. The SMILES string of the molecule is O=C(CCc1csc(-c2cccnc2)n1)NCCc1ccccc1O. The lowest BCUT2D eigenvalue weighted by atomic mass is 10.1. The van der Waals surface area contributed by atoms with E-state index in [0.29, 0.717) is 25.8 Å². The topological polar surface area (TPSA) is 75.1 Å². The highest BCUT2D eigenvalue weighted by Crippen LogP contribution is 2.23. The zero-order chi connectivity index (χ0) is 17.5. The van der Waals surface area contributed by atoms with Crippen molar-refractivity contribution < 1.29 is 9.90 Å². The Morgan fingerprint density at radius 2 is 2.04 bits per heavy atom. The van der Waals surface area contributed by atoms with Crippen LogP contribution >= 0.6 is 11.3 Å². The number of hydrogen-bond donors (Lipinski definition) is 2. The van der Waals surface area contributed by atoms with Gasteiger partial charge >= 0.3 is 0 Å². The van der Waals surface area contributed by atoms with Gasteiger partial charge < -0.3 is 10.4 Å². The third-order valence-corrected chi connectivity index (χ3v) is 4.72. The molecule has 25 heavy (non-hydrogen) atoms. The number of pyridine rings is 1. The predicted octanol–water partition coefficient (Wildman–Crippen LogP) is 3.20. The second-order valence-electron chi connectivity index (χ2n) is 5.61. The van der Waals surface area contributed by atoms with Crippen LogP contribution in [0.15, 0.2) is 54.2 Å². The van der Waals surface area contributed by atoms with Crippen LogP contribution in [0.5, 0.6) is 5.75 Å². The number of thiazole rings is 1. The lowest BCUT2D eigenvalue weighted by molar-refractivity contribution is -0.121. The number of phenolic OH excluding ortho intramolecular Hbond substituents is 1. The minimum atomic E-state index is -0.00801. The van der Waals surface area contributed by atoms with Gasteiger partial charge in [-0.15, -0.1) is 11.3 Å². The molecule has 1 amide bonds. The molecule has 5 nitrogen and oxygen atoms in total. The van der Waals surface area contributed by atoms with E-state index in [-0.39, 0.29) is 11.7 Å². The van der Waals surface area contributed by atoms with Crippen LogP contribution in [0.2, 0.25) is 0 Å². The van der Waals surface area contributed by atoms with Gasteiger partial charge in [-0.3, -0.25) is 9.78 Å². The number of para-hydroxylation sites is 1. The molecule has 2 N–H and O–H groups in total. The molecule has 0 saturated carbocycles. The first-order valence-corrected chi connectivity index (χ1v) is 8.99. The summed E-state index contributed by atoms with van der Waals surface area (Å²) in [5.41, 5.74) is 2.74. The van der Waals surface area contributed by atoms with Gasteiger partial charge in [0.2, 0.25) is 5.91 Å². The Labute approximate surface area is 150 Å². The van der Waals surface area contributed by atoms with E-state index in [9.17, 15) is 9.90 Å². The number of benzene rings is 1. The number of hydrogen-bond acceptors (Lipinski definition) is 5. The van der Waals surface area contributed by atoms with E-state index >= 15 is 0 Å². The largest absolute Gasteiger partial charge is 0.508 e. The molecule has 2 aromatic heterocycles. The fourth-order valence-corrected chi connectivity index (χ4v) is 3.28. The standard InChI is InChI=1S/C19H19N3O2S/c23-17-6-2-1-4-14(17)9-11-21-18(24)8-7-16-13-25-19(22-16)15-5-3-10-20-12-15/h1-6,10,12-13,23H,7-9,11H2,(H,21,24). The Hall–Kier alpha value is -2.73. The predicted molar refractivity (Wildman–Crippen MR) is 98.5 cm³/mol. The molecule has 3 aromatic rings. The van der Waals surface area contributed by atoms with Crippen molar-refractivity contribution in [1.29, 1.82) is 0 Å². The second kappa shape index (κ2) is 8.39. The van der Waals surface area contributed by atoms with Crippen molar-refractivity contribution in [1.82, 2.24) is 15.3 Å². The lowest BCUT2D eigenvalue weighted by Crippen LogP contribution is -2.25. The molecule has 0 aliphatic rings. The van der Waals surface area contributed by atoms with Gasteiger partial charge in [0.25, 0.3) is 0 Å². The van der Waals surface area contributed by atoms with Gasteiger partial charge in [-0.1, -0.05) is 18.2 Å². The molecule has 1 aromatic carbocycles. The summed E-state index contributed by atoms with van der Waals surface area (Å²) in [6.07, 6.45) is 5.14. The first-order valence-electron chi connectivity index (χ1n) is 8.11. The highest BCUT2D eigenvalue weighted by Gasteiger charge is 2.08. The molecule has 0 fully saturated rings. The molecule has 0 saturated heterocycles. The van der Waals surface area contributed by atoms with Gasteiger partial charge in [0.05, 0.1) is 5.69 Å². The van der Waals surface area contributed by atoms with Crippen LogP contribution in [0, 0.1) is 0 Å². The molecule has 0 spiro atoms. The fourth-order valence-electron chi connectivity index (χ4n) is 2.43. The smallest absolute Gasteiger partial charge is 0.220 e. The molecule has 0 radical (unpaired) electrons. The maximum Gasteiger partial charge on any atom is 0.220 e. The van der Waals surface area contributed by atoms with E-state index in [4.69, 9.17) is 0 Å². The summed E-state index contributed by atoms with van der Waals surface area (Å²) >= 11 is 1.56. The van der Waals surface area contributed by atoms with Gasteiger partial charge in [-0.05, 0) is 36.6 Å². The maximum absolute atomic E-state index is 12.0. The van der Waals surface area contributed by atoms with Crippen molar-refractivity contribution in [3.05, 3.63) is 65.4 Å². The van der Waals surface area contributed by atoms with E-state index in [0.717, 1.165) is 21.8 Å². The average molecular weight is 353 g/mol. The molecular formula is C19H19N3O2S. The zero-order valence-corrected chi connectivity index (χ0v) is 14.5. The van der Waals surface area contributed by atoms with Crippen LogP contribution in [-0.2, 0) is 17.6 Å². The number of nitrogens with zero attached hydrogens (tertiary/aromatic N) is 2. The van der Waals surface area contributed by atoms with Gasteiger partial charge in [-0.2, -0.15) is 0 Å². The van der Waals surface area contributed by atoms with E-state index in [1.165, 1.54) is 0 Å². The quantitative estimate of drug-likeness (QED) is 0.684. The number of carbonyl (C=O) groups excluding carboxylic acids is 1. The summed E-state index contributed by atoms with van der Waals surface area (Å²) < 4.78 is 0. The number of rotatable bonds is 7. The molecule has 0 aliphatic heterocycles. The van der Waals surface area contributed by atoms with Crippen molar-refractivity contribution in [2.75, 3.05) is 6.54 Å². The number of aromatic hydroxyl groups is 1. The van der Waals surface area contributed by atoms with Crippen molar-refractivity contribution in [2.45, 2.75) is 19.3 Å². The summed E-state index contributed by atoms with van der Waals surface area (Å²) in [6, 6.07) is 11.0. The first kappa shape index (κ1) is 17.1. The lowest BCUT2D eigenvalue weighted by Gasteiger charge is -2.06. The minimum absolute atomic E-state index is 0.00801. The summed E-state index contributed by atoms with van der Waals surface area (Å²) in [6.45, 7) is 0.508. The highest BCUT2D eigenvalue weighted by molar-refractivity contribution is 7.13. The Kier molecular flexibility index (Phi) is 5.74. The number of aromatic nitrogens is 2. The Balaban J connectivity index is 1.44. The van der Waals surface area contributed by atoms with Crippen LogP contribution in [0.3, 0.4) is 0 Å². The Morgan fingerprint density at radius 3 is 2.84 bits per heavy atom. The highest BCUT2D eigenvalue weighted by atomic mass is 32.1. The van der Waals surface area contributed by atoms with Gasteiger partial charge in [-0.25, -0.2) is 4.98 Å². The van der Waals surface area contributed by atoms with Crippen LogP contribution in [0.4, 0.5) is 0 Å². The second-order valence-corrected chi connectivity index (χ2v) is 6.47. The van der Waals surface area contributed by atoms with E-state index in [1.807, 2.05) is 29.6 Å². The number of nitrogens with one attached hydrogen (secondary N) is 1. The van der Waals surface area contributed by atoms with Crippen molar-refractivity contribution >= 4 is 17.2 Å². The number of aryl methyl sites for hydroxylation is 1. The molecule has 0 bridgehead atoms. The van der Waals surface area contributed by atoms with E-state index < -0.39 is 0 Å². The van der Waals surface area contributed by atoms with Crippen LogP contribution in [0.1, 0.15) is 17.7 Å². The molecular weight excluding hydrogens is 334 g/mol. The number of phenols is 1. The molecule has 128 valence electrons. The minimum Gasteiger partial charge on any atom is -0.508 e. The number of carbonyl (C=O) groups is 1. The van der Waals surface area contributed by atoms with Crippen molar-refractivity contribution in [3.8, 4) is 16.3 Å². The van der Waals surface area contributed by atoms with Crippen LogP contribution < -0.4 is 5.32 Å². The Morgan fingerprint density at radius 1 is 1.16 bits per heavy atom. The van der Waals surface area contributed by atoms with Gasteiger partial charge in [0.1, 0.15) is 10.8 Å². The fraction of sp³-hybridized carbons (Fsp3) is 0.211. The summed E-state index contributed by atoms with van der Waals surface area (Å²) in [5.74, 6) is 0.258. The monoisotopic (exact) mass is 353 g/mol. The summed E-state index contributed by atoms with van der Waals surface area (Å²) in [5, 5.41) is 15.5. The average Bonchev–Trinajstić information content (AvgIpc) is 3.11. The van der Waals surface area contributed by atoms with E-state index in [1.54, 1.807) is 35.9 Å². The Bertz CT molecular complexity index is 833. The van der Waals surface area contributed by atoms with Crippen LogP contribution in [0.25, 0.3) is 10.6 Å². The molecule has 0 unspecified atom stereocenters. The van der Waals surface area contributed by atoms with Gasteiger partial charge in [0, 0.05) is 36.3 Å². The molecule has 6 heteroatoms. The van der Waals surface area contributed by atoms with Crippen LogP contribution in [-0.4, -0.2) is 27.5 Å². The summed E-state index contributed by atoms with van der Waals surface area (Å²) in [7, 11) is 0. The summed E-state index contributed by atoms with van der Waals surface area (Å²) in [4.78, 5) is 20.6. The van der Waals surface area contributed by atoms with E-state index in [2.05, 4.69) is 15.3 Å². The normalized spacial score (nSPS) is 10.6. The molecule has 3 rings (SSSR count). The zero-order valence-electron chi connectivity index (χ0n) is 13.7. The van der Waals surface area contributed by atoms with Crippen molar-refractivity contribution in [2.24, 2.45) is 0 Å². The first-order chi connectivity index (χ1) is 12.2. The number of amides is 1. The third-order valence-electron chi connectivity index (χ3n) is 3.78. The van der Waals surface area contributed by atoms with Crippen molar-refractivity contribution in [3.63, 3.8) is 0 Å².